The fraction of sp³-hybridized carbons (Fsp3) is 0.0625. The first kappa shape index (κ1) is 12.4. The molecule has 0 atom stereocenters. The van der Waals surface area contributed by atoms with Crippen LogP contribution >= 0.6 is 0 Å². The summed E-state index contributed by atoms with van der Waals surface area (Å²) in [5.41, 5.74) is 8.39. The highest BCUT2D eigenvalue weighted by Gasteiger charge is 2.06. The molecule has 3 nitrogen and oxygen atoms in total. The number of rotatable bonds is 3. The summed E-state index contributed by atoms with van der Waals surface area (Å²) in [7, 11) is 0. The van der Waals surface area contributed by atoms with Gasteiger partial charge in [0, 0.05) is 22.8 Å². The van der Waals surface area contributed by atoms with Gasteiger partial charge in [-0.1, -0.05) is 6.07 Å². The van der Waals surface area contributed by atoms with Crippen LogP contribution in [0.15, 0.2) is 54.7 Å². The van der Waals surface area contributed by atoms with Crippen molar-refractivity contribution < 1.29 is 9.13 Å². The van der Waals surface area contributed by atoms with Crippen molar-refractivity contribution in [3.8, 4) is 5.75 Å². The van der Waals surface area contributed by atoms with E-state index < -0.39 is 0 Å². The highest BCUT2D eigenvalue weighted by atomic mass is 19.1. The van der Waals surface area contributed by atoms with E-state index in [1.165, 1.54) is 12.1 Å². The number of hydrogen-bond acceptors (Lipinski definition) is 3. The van der Waals surface area contributed by atoms with Crippen molar-refractivity contribution in [2.24, 2.45) is 0 Å². The molecule has 1 heterocycles. The standard InChI is InChI=1S/C16H13FN2O/c17-12-4-6-13(7-5-12)20-10-11-3-8-15(18)14-2-1-9-19-16(11)14/h1-9H,10,18H2. The topological polar surface area (TPSA) is 48.1 Å². The summed E-state index contributed by atoms with van der Waals surface area (Å²) in [5.74, 6) is 0.337. The predicted octanol–water partition coefficient (Wildman–Crippen LogP) is 3.54. The number of aromatic nitrogens is 1. The van der Waals surface area contributed by atoms with Crippen LogP contribution in [0.2, 0.25) is 0 Å². The second-order valence-electron chi connectivity index (χ2n) is 4.46. The third-order valence-electron chi connectivity index (χ3n) is 3.09. The van der Waals surface area contributed by atoms with E-state index in [9.17, 15) is 4.39 Å². The summed E-state index contributed by atoms with van der Waals surface area (Å²) in [6.07, 6.45) is 1.73. The Kier molecular flexibility index (Phi) is 3.21. The smallest absolute Gasteiger partial charge is 0.123 e. The summed E-state index contributed by atoms with van der Waals surface area (Å²) in [6.45, 7) is 0.361. The minimum absolute atomic E-state index is 0.281. The van der Waals surface area contributed by atoms with Crippen molar-refractivity contribution in [1.82, 2.24) is 4.98 Å². The highest BCUT2D eigenvalue weighted by molar-refractivity contribution is 5.92. The van der Waals surface area contributed by atoms with Gasteiger partial charge in [-0.3, -0.25) is 4.98 Å². The Balaban J connectivity index is 1.88. The van der Waals surface area contributed by atoms with E-state index >= 15 is 0 Å². The first-order chi connectivity index (χ1) is 9.74. The Morgan fingerprint density at radius 1 is 1.05 bits per heavy atom. The molecule has 20 heavy (non-hydrogen) atoms. The maximum atomic E-state index is 12.8. The van der Waals surface area contributed by atoms with Crippen molar-refractivity contribution >= 4 is 16.6 Å². The van der Waals surface area contributed by atoms with Crippen LogP contribution < -0.4 is 10.5 Å². The lowest BCUT2D eigenvalue weighted by Gasteiger charge is -2.09. The highest BCUT2D eigenvalue weighted by Crippen LogP contribution is 2.23. The molecule has 1 aromatic heterocycles. The molecule has 2 aromatic carbocycles. The molecule has 0 saturated carbocycles. The average molecular weight is 268 g/mol. The molecule has 0 amide bonds. The number of fused-ring (bicyclic) bond motifs is 1. The first-order valence-corrected chi connectivity index (χ1v) is 6.24. The van der Waals surface area contributed by atoms with E-state index in [0.29, 0.717) is 18.0 Å². The minimum Gasteiger partial charge on any atom is -0.489 e. The summed E-state index contributed by atoms with van der Waals surface area (Å²) in [6, 6.07) is 13.5. The summed E-state index contributed by atoms with van der Waals surface area (Å²) in [4.78, 5) is 4.35. The Hall–Kier alpha value is -2.62. The number of benzene rings is 2. The number of anilines is 1. The number of nitrogens with two attached hydrogens (primary N) is 1. The monoisotopic (exact) mass is 268 g/mol. The Morgan fingerprint density at radius 3 is 2.65 bits per heavy atom. The molecule has 0 saturated heterocycles. The molecule has 100 valence electrons. The normalized spacial score (nSPS) is 10.7. The second kappa shape index (κ2) is 5.17. The zero-order valence-electron chi connectivity index (χ0n) is 10.7. The molecular formula is C16H13FN2O. The summed E-state index contributed by atoms with van der Waals surface area (Å²) < 4.78 is 18.5. The van der Waals surface area contributed by atoms with Gasteiger partial charge >= 0.3 is 0 Å². The van der Waals surface area contributed by atoms with Gasteiger partial charge in [0.25, 0.3) is 0 Å². The quantitative estimate of drug-likeness (QED) is 0.739. The van der Waals surface area contributed by atoms with Gasteiger partial charge in [0.15, 0.2) is 0 Å². The number of nitrogen functional groups attached to an aromatic ring is 1. The van der Waals surface area contributed by atoms with E-state index in [2.05, 4.69) is 4.98 Å². The first-order valence-electron chi connectivity index (χ1n) is 6.24. The molecule has 2 N–H and O–H groups in total. The van der Waals surface area contributed by atoms with Gasteiger partial charge in [-0.2, -0.15) is 0 Å². The van der Waals surface area contributed by atoms with Crippen LogP contribution in [-0.4, -0.2) is 4.98 Å². The van der Waals surface area contributed by atoms with E-state index in [-0.39, 0.29) is 5.82 Å². The van der Waals surface area contributed by atoms with Crippen molar-refractivity contribution in [1.29, 1.82) is 0 Å². The Bertz CT molecular complexity index is 741. The minimum atomic E-state index is -0.281. The Morgan fingerprint density at radius 2 is 1.85 bits per heavy atom. The maximum absolute atomic E-state index is 12.8. The number of hydrogen-bond donors (Lipinski definition) is 1. The van der Waals surface area contributed by atoms with E-state index in [4.69, 9.17) is 10.5 Å². The lowest BCUT2D eigenvalue weighted by Crippen LogP contribution is -1.99. The molecule has 0 bridgehead atoms. The van der Waals surface area contributed by atoms with E-state index in [1.807, 2.05) is 24.3 Å². The van der Waals surface area contributed by atoms with Crippen LogP contribution in [0.25, 0.3) is 10.9 Å². The lowest BCUT2D eigenvalue weighted by molar-refractivity contribution is 0.307. The van der Waals surface area contributed by atoms with Gasteiger partial charge in [-0.25, -0.2) is 4.39 Å². The van der Waals surface area contributed by atoms with E-state index in [1.54, 1.807) is 18.3 Å². The lowest BCUT2D eigenvalue weighted by atomic mass is 10.1. The van der Waals surface area contributed by atoms with E-state index in [0.717, 1.165) is 16.5 Å². The van der Waals surface area contributed by atoms with Gasteiger partial charge in [0.05, 0.1) is 5.52 Å². The molecular weight excluding hydrogens is 255 g/mol. The molecule has 0 aliphatic carbocycles. The van der Waals surface area contributed by atoms with Crippen LogP contribution in [0, 0.1) is 5.82 Å². The van der Waals surface area contributed by atoms with Gasteiger partial charge in [0.1, 0.15) is 18.2 Å². The molecule has 0 fully saturated rings. The summed E-state index contributed by atoms with van der Waals surface area (Å²) in [5, 5.41) is 0.910. The Labute approximate surface area is 115 Å². The van der Waals surface area contributed by atoms with Crippen LogP contribution in [0.3, 0.4) is 0 Å². The van der Waals surface area contributed by atoms with Gasteiger partial charge in [0.2, 0.25) is 0 Å². The third-order valence-corrected chi connectivity index (χ3v) is 3.09. The maximum Gasteiger partial charge on any atom is 0.123 e. The zero-order chi connectivity index (χ0) is 13.9. The average Bonchev–Trinajstić information content (AvgIpc) is 2.49. The largest absolute Gasteiger partial charge is 0.489 e. The zero-order valence-corrected chi connectivity index (χ0v) is 10.7. The molecule has 0 radical (unpaired) electrons. The fourth-order valence-corrected chi connectivity index (χ4v) is 2.06. The number of nitrogens with zero attached hydrogens (tertiary/aromatic N) is 1. The number of halogens is 1. The van der Waals surface area contributed by atoms with Gasteiger partial charge < -0.3 is 10.5 Å². The fourth-order valence-electron chi connectivity index (χ4n) is 2.06. The molecule has 0 aliphatic rings. The van der Waals surface area contributed by atoms with Crippen molar-refractivity contribution in [3.05, 3.63) is 66.1 Å². The van der Waals surface area contributed by atoms with Crippen LogP contribution in [-0.2, 0) is 6.61 Å². The molecule has 4 heteroatoms. The van der Waals surface area contributed by atoms with Crippen molar-refractivity contribution in [2.45, 2.75) is 6.61 Å². The van der Waals surface area contributed by atoms with Crippen molar-refractivity contribution in [3.63, 3.8) is 0 Å². The third kappa shape index (κ3) is 2.40. The molecule has 0 aliphatic heterocycles. The summed E-state index contributed by atoms with van der Waals surface area (Å²) >= 11 is 0. The second-order valence-corrected chi connectivity index (χ2v) is 4.46. The number of pyridine rings is 1. The number of ether oxygens (including phenoxy) is 1. The molecule has 0 spiro atoms. The molecule has 3 aromatic rings. The predicted molar refractivity (Wildman–Crippen MR) is 76.9 cm³/mol. The van der Waals surface area contributed by atoms with Gasteiger partial charge in [-0.05, 0) is 42.5 Å². The SMILES string of the molecule is Nc1ccc(COc2ccc(F)cc2)c2ncccc12. The van der Waals surface area contributed by atoms with Crippen LogP contribution in [0.4, 0.5) is 10.1 Å². The molecule has 0 unspecified atom stereocenters. The van der Waals surface area contributed by atoms with Crippen LogP contribution in [0.5, 0.6) is 5.75 Å². The van der Waals surface area contributed by atoms with Gasteiger partial charge in [-0.15, -0.1) is 0 Å². The van der Waals surface area contributed by atoms with Crippen LogP contribution in [0.1, 0.15) is 5.56 Å². The molecule has 3 rings (SSSR count). The van der Waals surface area contributed by atoms with Crippen molar-refractivity contribution in [2.75, 3.05) is 5.73 Å².